The summed E-state index contributed by atoms with van der Waals surface area (Å²) in [4.78, 5) is 2.29. The van der Waals surface area contributed by atoms with Crippen LogP contribution in [0.25, 0.3) is 71.3 Å². The number of hydrogen-bond donors (Lipinski definition) is 0. The molecule has 230 valence electrons. The molecule has 2 aromatic heterocycles. The Morgan fingerprint density at radius 3 is 1.84 bits per heavy atom. The molecule has 2 heterocycles. The first-order valence-electron chi connectivity index (χ1n) is 16.7. The van der Waals surface area contributed by atoms with Crippen LogP contribution in [0.15, 0.2) is 186 Å². The summed E-state index contributed by atoms with van der Waals surface area (Å²) < 4.78 is 8.70. The van der Waals surface area contributed by atoms with Crippen molar-refractivity contribution in [3.63, 3.8) is 0 Å². The number of aromatic nitrogens is 1. The number of nitrogens with zero attached hydrogens (tertiary/aromatic N) is 2. The Morgan fingerprint density at radius 1 is 0.388 bits per heavy atom. The van der Waals surface area contributed by atoms with Crippen molar-refractivity contribution in [3.05, 3.63) is 182 Å². The third-order valence-electron chi connectivity index (χ3n) is 9.76. The van der Waals surface area contributed by atoms with Gasteiger partial charge in [0.25, 0.3) is 0 Å². The van der Waals surface area contributed by atoms with Gasteiger partial charge in [0.2, 0.25) is 0 Å². The maximum Gasteiger partial charge on any atom is 0.137 e. The van der Waals surface area contributed by atoms with Gasteiger partial charge in [-0.15, -0.1) is 0 Å². The quantitative estimate of drug-likeness (QED) is 0.190. The Kier molecular flexibility index (Phi) is 6.18. The van der Waals surface area contributed by atoms with Crippen LogP contribution in [0, 0.1) is 0 Å². The summed E-state index contributed by atoms with van der Waals surface area (Å²) in [5.41, 5.74) is 11.0. The van der Waals surface area contributed by atoms with Crippen LogP contribution < -0.4 is 4.90 Å². The zero-order valence-corrected chi connectivity index (χ0v) is 26.6. The van der Waals surface area contributed by atoms with Gasteiger partial charge in [-0.1, -0.05) is 109 Å². The van der Waals surface area contributed by atoms with Gasteiger partial charge in [-0.25, -0.2) is 0 Å². The van der Waals surface area contributed by atoms with Crippen molar-refractivity contribution in [2.24, 2.45) is 0 Å². The number of hydrogen-bond acceptors (Lipinski definition) is 2. The molecule has 0 fully saturated rings. The Morgan fingerprint density at radius 2 is 1.00 bits per heavy atom. The highest BCUT2D eigenvalue weighted by molar-refractivity contribution is 6.19. The summed E-state index contributed by atoms with van der Waals surface area (Å²) in [5, 5.41) is 7.25. The van der Waals surface area contributed by atoms with Gasteiger partial charge in [-0.3, -0.25) is 0 Å². The fourth-order valence-corrected chi connectivity index (χ4v) is 7.48. The largest absolute Gasteiger partial charge is 0.456 e. The second-order valence-corrected chi connectivity index (χ2v) is 12.6. The molecule has 3 nitrogen and oxygen atoms in total. The highest BCUT2D eigenvalue weighted by Gasteiger charge is 2.17. The van der Waals surface area contributed by atoms with Gasteiger partial charge in [0.15, 0.2) is 0 Å². The first kappa shape index (κ1) is 27.5. The predicted molar refractivity (Wildman–Crippen MR) is 206 cm³/mol. The molecule has 0 radical (unpaired) electrons. The Labute approximate surface area is 283 Å². The molecule has 0 aliphatic rings. The van der Waals surface area contributed by atoms with E-state index < -0.39 is 0 Å². The van der Waals surface area contributed by atoms with Crippen molar-refractivity contribution in [2.75, 3.05) is 4.90 Å². The van der Waals surface area contributed by atoms with Crippen molar-refractivity contribution in [3.8, 4) is 16.8 Å². The number of rotatable bonds is 5. The van der Waals surface area contributed by atoms with Gasteiger partial charge in [0.1, 0.15) is 11.2 Å². The minimum atomic E-state index is 0.881. The molecule has 0 saturated carbocycles. The standard InChI is InChI=1S/C46H30N2O/c1-3-11-34(12-4-1)47(37-26-28-40-39-16-8-10-18-44(39)49-45(40)30-37)36-24-21-31(22-25-36)33-20-19-32-23-27-41-38-15-7-9-17-43(38)48(46(41)42(32)29-33)35-13-5-2-6-14-35/h1-30H. The highest BCUT2D eigenvalue weighted by atomic mass is 16.3. The summed E-state index contributed by atoms with van der Waals surface area (Å²) in [6, 6.07) is 64.9. The zero-order chi connectivity index (χ0) is 32.3. The van der Waals surface area contributed by atoms with Crippen molar-refractivity contribution in [2.45, 2.75) is 0 Å². The normalized spacial score (nSPS) is 11.7. The number of para-hydroxylation sites is 4. The average molecular weight is 627 g/mol. The van der Waals surface area contributed by atoms with Gasteiger partial charge in [-0.05, 0) is 83.2 Å². The average Bonchev–Trinajstić information content (AvgIpc) is 3.72. The van der Waals surface area contributed by atoms with Crippen LogP contribution in [-0.2, 0) is 0 Å². The topological polar surface area (TPSA) is 21.3 Å². The Hall–Kier alpha value is -6.58. The molecule has 49 heavy (non-hydrogen) atoms. The molecule has 0 amide bonds. The Balaban J connectivity index is 1.10. The molecule has 8 aromatic carbocycles. The third kappa shape index (κ3) is 4.44. The third-order valence-corrected chi connectivity index (χ3v) is 9.76. The van der Waals surface area contributed by atoms with Crippen molar-refractivity contribution in [1.29, 1.82) is 0 Å². The van der Waals surface area contributed by atoms with Crippen LogP contribution in [-0.4, -0.2) is 4.57 Å². The molecule has 0 spiro atoms. The molecule has 0 atom stereocenters. The molecule has 0 bridgehead atoms. The van der Waals surface area contributed by atoms with Crippen LogP contribution in [0.5, 0.6) is 0 Å². The van der Waals surface area contributed by atoms with E-state index in [0.29, 0.717) is 0 Å². The number of fused-ring (bicyclic) bond motifs is 8. The molecular formula is C46H30N2O. The molecule has 10 rings (SSSR count). The van der Waals surface area contributed by atoms with E-state index in [1.807, 2.05) is 12.1 Å². The smallest absolute Gasteiger partial charge is 0.137 e. The van der Waals surface area contributed by atoms with E-state index in [-0.39, 0.29) is 0 Å². The van der Waals surface area contributed by atoms with E-state index in [4.69, 9.17) is 4.42 Å². The van der Waals surface area contributed by atoms with E-state index in [9.17, 15) is 0 Å². The predicted octanol–water partition coefficient (Wildman–Crippen LogP) is 13.0. The first-order valence-corrected chi connectivity index (χ1v) is 16.7. The van der Waals surface area contributed by atoms with Crippen LogP contribution in [0.2, 0.25) is 0 Å². The van der Waals surface area contributed by atoms with E-state index in [1.54, 1.807) is 0 Å². The number of anilines is 3. The molecule has 0 aliphatic carbocycles. The highest BCUT2D eigenvalue weighted by Crippen LogP contribution is 2.41. The van der Waals surface area contributed by atoms with Crippen molar-refractivity contribution >= 4 is 71.6 Å². The molecule has 0 saturated heterocycles. The minimum Gasteiger partial charge on any atom is -0.456 e. The van der Waals surface area contributed by atoms with Crippen LogP contribution in [0.1, 0.15) is 0 Å². The summed E-state index contributed by atoms with van der Waals surface area (Å²) >= 11 is 0. The fraction of sp³-hybridized carbons (Fsp3) is 0. The molecule has 0 N–H and O–H groups in total. The van der Waals surface area contributed by atoms with Crippen LogP contribution >= 0.6 is 0 Å². The second kappa shape index (κ2) is 11.0. The van der Waals surface area contributed by atoms with Crippen LogP contribution in [0.3, 0.4) is 0 Å². The second-order valence-electron chi connectivity index (χ2n) is 12.6. The summed E-state index contributed by atoms with van der Waals surface area (Å²) in [6.45, 7) is 0. The number of benzene rings is 8. The van der Waals surface area contributed by atoms with Gasteiger partial charge in [-0.2, -0.15) is 0 Å². The first-order chi connectivity index (χ1) is 24.3. The minimum absolute atomic E-state index is 0.881. The monoisotopic (exact) mass is 626 g/mol. The van der Waals surface area contributed by atoms with Crippen LogP contribution in [0.4, 0.5) is 17.1 Å². The van der Waals surface area contributed by atoms with Crippen molar-refractivity contribution < 1.29 is 4.42 Å². The van der Waals surface area contributed by atoms with Gasteiger partial charge >= 0.3 is 0 Å². The fourth-order valence-electron chi connectivity index (χ4n) is 7.48. The SMILES string of the molecule is c1ccc(N(c2ccc(-c3ccc4ccc5c6ccccc6n(-c6ccccc6)c5c4c3)cc2)c2ccc3c(c2)oc2ccccc23)cc1. The zero-order valence-electron chi connectivity index (χ0n) is 26.6. The molecule has 0 unspecified atom stereocenters. The lowest BCUT2D eigenvalue weighted by Crippen LogP contribution is -2.09. The van der Waals surface area contributed by atoms with E-state index in [1.165, 1.54) is 43.7 Å². The van der Waals surface area contributed by atoms with Gasteiger partial charge in [0, 0.05) is 55.7 Å². The molecular weight excluding hydrogens is 597 g/mol. The van der Waals surface area contributed by atoms with Crippen molar-refractivity contribution in [1.82, 2.24) is 4.57 Å². The van der Waals surface area contributed by atoms with Gasteiger partial charge in [0.05, 0.1) is 11.0 Å². The molecule has 10 aromatic rings. The maximum absolute atomic E-state index is 6.29. The lowest BCUT2D eigenvalue weighted by atomic mass is 9.99. The van der Waals surface area contributed by atoms with E-state index >= 15 is 0 Å². The maximum atomic E-state index is 6.29. The van der Waals surface area contributed by atoms with Gasteiger partial charge < -0.3 is 13.9 Å². The van der Waals surface area contributed by atoms with E-state index in [2.05, 4.69) is 179 Å². The lowest BCUT2D eigenvalue weighted by Gasteiger charge is -2.25. The van der Waals surface area contributed by atoms with E-state index in [0.717, 1.165) is 44.7 Å². The lowest BCUT2D eigenvalue weighted by molar-refractivity contribution is 0.669. The summed E-state index contributed by atoms with van der Waals surface area (Å²) in [7, 11) is 0. The summed E-state index contributed by atoms with van der Waals surface area (Å²) in [6.07, 6.45) is 0. The number of furan rings is 1. The molecule has 0 aliphatic heterocycles. The summed E-state index contributed by atoms with van der Waals surface area (Å²) in [5.74, 6) is 0. The Bertz CT molecular complexity index is 2810. The molecule has 3 heteroatoms.